The summed E-state index contributed by atoms with van der Waals surface area (Å²) in [4.78, 5) is 15.4. The molecule has 1 atom stereocenters. The number of ether oxygens (including phenoxy) is 1. The lowest BCUT2D eigenvalue weighted by Crippen LogP contribution is -2.03. The molecule has 1 heterocycles. The van der Waals surface area contributed by atoms with Crippen LogP contribution in [0.1, 0.15) is 34.8 Å². The molecule has 1 aliphatic heterocycles. The fraction of sp³-hybridized carbons (Fsp3) is 0.417. The molecule has 0 radical (unpaired) electrons. The van der Waals surface area contributed by atoms with Crippen LogP contribution in [0.3, 0.4) is 0 Å². The smallest absolute Gasteiger partial charge is 0.337 e. The van der Waals surface area contributed by atoms with Gasteiger partial charge >= 0.3 is 5.97 Å². The third-order valence-electron chi connectivity index (χ3n) is 2.86. The molecular weight excluding hydrogens is 250 g/mol. The van der Waals surface area contributed by atoms with Crippen molar-refractivity contribution in [3.05, 3.63) is 39.8 Å². The number of methoxy groups -OCH3 is 1. The molecule has 0 amide bonds. The van der Waals surface area contributed by atoms with Gasteiger partial charge in [-0.25, -0.2) is 4.79 Å². The summed E-state index contributed by atoms with van der Waals surface area (Å²) in [5.74, 6) is 0.623. The Morgan fingerprint density at radius 1 is 1.61 bits per heavy atom. The maximum absolute atomic E-state index is 11.5. The number of esters is 1. The Kier molecular flexibility index (Phi) is 4.12. The summed E-state index contributed by atoms with van der Waals surface area (Å²) in [6, 6.07) is 5.26. The number of fused-ring (bicyclic) bond motifs is 1. The van der Waals surface area contributed by atoms with E-state index in [1.54, 1.807) is 17.8 Å². The van der Waals surface area contributed by atoms with Crippen molar-refractivity contribution in [1.29, 1.82) is 0 Å². The number of thioether (sulfide) groups is 1. The van der Waals surface area contributed by atoms with Crippen molar-refractivity contribution < 1.29 is 9.53 Å². The van der Waals surface area contributed by atoms with Crippen molar-refractivity contribution in [3.63, 3.8) is 0 Å². The quantitative estimate of drug-likeness (QED) is 0.353. The molecule has 1 aromatic rings. The predicted octanol–water partition coefficient (Wildman–Crippen LogP) is 3.71. The van der Waals surface area contributed by atoms with E-state index in [1.165, 1.54) is 7.11 Å². The molecule has 1 unspecified atom stereocenters. The molecule has 2 rings (SSSR count). The van der Waals surface area contributed by atoms with E-state index in [1.807, 2.05) is 12.1 Å². The summed E-state index contributed by atoms with van der Waals surface area (Å²) < 4.78 is 4.70. The summed E-state index contributed by atoms with van der Waals surface area (Å²) in [5.41, 5.74) is 10.1. The van der Waals surface area contributed by atoms with Gasteiger partial charge in [-0.05, 0) is 41.8 Å². The van der Waals surface area contributed by atoms with E-state index in [9.17, 15) is 4.79 Å². The number of hydrogen-bond acceptors (Lipinski definition) is 4. The van der Waals surface area contributed by atoms with Gasteiger partial charge in [0, 0.05) is 9.81 Å². The molecule has 0 bridgehead atoms. The van der Waals surface area contributed by atoms with Gasteiger partial charge in [-0.2, -0.15) is 0 Å². The minimum Gasteiger partial charge on any atom is -0.465 e. The number of carbonyl (C=O) groups is 1. The lowest BCUT2D eigenvalue weighted by Gasteiger charge is -2.12. The molecule has 1 aromatic carbocycles. The zero-order valence-electron chi connectivity index (χ0n) is 10.00. The average molecular weight is 263 g/mol. The van der Waals surface area contributed by atoms with Gasteiger partial charge in [-0.1, -0.05) is 11.2 Å². The van der Waals surface area contributed by atoms with Gasteiger partial charge in [0.25, 0.3) is 0 Å². The minimum atomic E-state index is -0.344. The lowest BCUT2D eigenvalue weighted by atomic mass is 10.0. The van der Waals surface area contributed by atoms with Gasteiger partial charge in [-0.15, -0.1) is 11.8 Å². The number of azide groups is 1. The van der Waals surface area contributed by atoms with Crippen LogP contribution in [0.4, 0.5) is 0 Å². The van der Waals surface area contributed by atoms with Crippen molar-refractivity contribution in [1.82, 2.24) is 0 Å². The van der Waals surface area contributed by atoms with Gasteiger partial charge in [0.05, 0.1) is 18.7 Å². The van der Waals surface area contributed by atoms with Crippen molar-refractivity contribution in [2.75, 3.05) is 12.9 Å². The molecule has 0 aliphatic carbocycles. The average Bonchev–Trinajstić information content (AvgIpc) is 2.60. The van der Waals surface area contributed by atoms with E-state index in [4.69, 9.17) is 10.3 Å². The number of nitrogens with zero attached hydrogens (tertiary/aromatic N) is 3. The van der Waals surface area contributed by atoms with E-state index >= 15 is 0 Å². The van der Waals surface area contributed by atoms with Gasteiger partial charge in [-0.3, -0.25) is 0 Å². The monoisotopic (exact) mass is 263 g/mol. The zero-order chi connectivity index (χ0) is 13.0. The molecule has 0 N–H and O–H groups in total. The van der Waals surface area contributed by atoms with Crippen LogP contribution < -0.4 is 0 Å². The lowest BCUT2D eigenvalue weighted by molar-refractivity contribution is 0.0600. The van der Waals surface area contributed by atoms with Crippen molar-refractivity contribution >= 4 is 17.7 Å². The summed E-state index contributed by atoms with van der Waals surface area (Å²) in [5, 5.41) is 3.83. The van der Waals surface area contributed by atoms with Crippen LogP contribution in [-0.2, 0) is 4.74 Å². The largest absolute Gasteiger partial charge is 0.465 e. The number of carbonyl (C=O) groups excluding carboxylic acids is 1. The second-order valence-electron chi connectivity index (χ2n) is 3.96. The minimum absolute atomic E-state index is 0.133. The van der Waals surface area contributed by atoms with E-state index in [0.29, 0.717) is 5.56 Å². The van der Waals surface area contributed by atoms with Gasteiger partial charge in [0.2, 0.25) is 0 Å². The summed E-state index contributed by atoms with van der Waals surface area (Å²) in [6.07, 6.45) is 1.85. The van der Waals surface area contributed by atoms with Crippen molar-refractivity contribution in [3.8, 4) is 0 Å². The highest BCUT2D eigenvalue weighted by molar-refractivity contribution is 7.99. The van der Waals surface area contributed by atoms with E-state index in [-0.39, 0.29) is 12.0 Å². The first-order chi connectivity index (χ1) is 8.76. The molecule has 0 spiro atoms. The van der Waals surface area contributed by atoms with Crippen LogP contribution in [-0.4, -0.2) is 18.8 Å². The Morgan fingerprint density at radius 3 is 3.17 bits per heavy atom. The van der Waals surface area contributed by atoms with Crippen LogP contribution in [0.15, 0.2) is 28.2 Å². The zero-order valence-corrected chi connectivity index (χ0v) is 10.8. The Labute approximate surface area is 109 Å². The number of benzene rings is 1. The van der Waals surface area contributed by atoms with E-state index in [0.717, 1.165) is 29.1 Å². The Balaban J connectivity index is 2.41. The normalized spacial score (nSPS) is 18.2. The molecule has 0 fully saturated rings. The molecule has 0 aromatic heterocycles. The standard InChI is InChI=1S/C12H13N3O2S/c1-17-12(16)8-4-5-9-10(14-15-13)3-2-6-18-11(9)7-8/h4-5,7,10H,2-3,6H2,1H3. The van der Waals surface area contributed by atoms with Crippen LogP contribution in [0, 0.1) is 0 Å². The second-order valence-corrected chi connectivity index (χ2v) is 5.09. The predicted molar refractivity (Wildman–Crippen MR) is 69.6 cm³/mol. The summed E-state index contributed by atoms with van der Waals surface area (Å²) in [7, 11) is 1.37. The molecule has 1 aliphatic rings. The highest BCUT2D eigenvalue weighted by Gasteiger charge is 2.19. The number of rotatable bonds is 2. The summed E-state index contributed by atoms with van der Waals surface area (Å²) in [6.45, 7) is 0. The Morgan fingerprint density at radius 2 is 2.44 bits per heavy atom. The maximum Gasteiger partial charge on any atom is 0.337 e. The molecule has 94 valence electrons. The van der Waals surface area contributed by atoms with E-state index < -0.39 is 0 Å². The van der Waals surface area contributed by atoms with Crippen LogP contribution in [0.2, 0.25) is 0 Å². The van der Waals surface area contributed by atoms with E-state index in [2.05, 4.69) is 10.0 Å². The van der Waals surface area contributed by atoms with Gasteiger partial charge in [0.1, 0.15) is 0 Å². The first-order valence-electron chi connectivity index (χ1n) is 5.65. The third kappa shape index (κ3) is 2.60. The highest BCUT2D eigenvalue weighted by atomic mass is 32.2. The fourth-order valence-corrected chi connectivity index (χ4v) is 3.09. The van der Waals surface area contributed by atoms with Gasteiger partial charge in [0.15, 0.2) is 0 Å². The fourth-order valence-electron chi connectivity index (χ4n) is 1.98. The third-order valence-corrected chi connectivity index (χ3v) is 4.02. The van der Waals surface area contributed by atoms with Gasteiger partial charge < -0.3 is 4.74 Å². The van der Waals surface area contributed by atoms with Crippen LogP contribution in [0.25, 0.3) is 10.4 Å². The number of hydrogen-bond donors (Lipinski definition) is 0. The molecule has 0 saturated heterocycles. The molecular formula is C12H13N3O2S. The first kappa shape index (κ1) is 12.8. The molecule has 0 saturated carbocycles. The molecule has 5 nitrogen and oxygen atoms in total. The molecule has 18 heavy (non-hydrogen) atoms. The maximum atomic E-state index is 11.5. The highest BCUT2D eigenvalue weighted by Crippen LogP contribution is 2.37. The Hall–Kier alpha value is -1.65. The topological polar surface area (TPSA) is 75.1 Å². The molecule has 6 heteroatoms. The second kappa shape index (κ2) is 5.80. The van der Waals surface area contributed by atoms with Crippen LogP contribution >= 0.6 is 11.8 Å². The van der Waals surface area contributed by atoms with Crippen molar-refractivity contribution in [2.24, 2.45) is 5.11 Å². The van der Waals surface area contributed by atoms with Crippen LogP contribution in [0.5, 0.6) is 0 Å². The SMILES string of the molecule is COC(=O)c1ccc2c(c1)SCCCC2N=[N+]=[N-]. The Bertz CT molecular complexity index is 512. The first-order valence-corrected chi connectivity index (χ1v) is 6.64. The van der Waals surface area contributed by atoms with Crippen molar-refractivity contribution in [2.45, 2.75) is 23.8 Å². The summed E-state index contributed by atoms with van der Waals surface area (Å²) >= 11 is 1.69.